The lowest BCUT2D eigenvalue weighted by atomic mass is 9.82. The lowest BCUT2D eigenvalue weighted by Gasteiger charge is -2.37. The Morgan fingerprint density at radius 3 is 2.48 bits per heavy atom. The van der Waals surface area contributed by atoms with E-state index >= 15 is 0 Å². The molecule has 10 atom stereocenters. The fourth-order valence-electron chi connectivity index (χ4n) is 8.59. The van der Waals surface area contributed by atoms with E-state index in [1.54, 1.807) is 58.2 Å². The molecule has 3 aliphatic rings. The van der Waals surface area contributed by atoms with E-state index < -0.39 is 62.6 Å². The highest BCUT2D eigenvalue weighted by Gasteiger charge is 2.66. The first-order valence-electron chi connectivity index (χ1n) is 18.5. The van der Waals surface area contributed by atoms with Crippen molar-refractivity contribution < 1.29 is 49.4 Å². The predicted molar refractivity (Wildman–Crippen MR) is 206 cm³/mol. The molecule has 4 heterocycles. The number of rotatable bonds is 11. The highest BCUT2D eigenvalue weighted by atomic mass is 35.5. The number of hydrogen-bond acceptors (Lipinski definition) is 12. The van der Waals surface area contributed by atoms with Crippen LogP contribution in [0.1, 0.15) is 41.6 Å². The van der Waals surface area contributed by atoms with Gasteiger partial charge < -0.3 is 50.0 Å². The molecule has 0 bridgehead atoms. The van der Waals surface area contributed by atoms with E-state index in [1.165, 1.54) is 0 Å². The lowest BCUT2D eigenvalue weighted by molar-refractivity contribution is -0.274. The van der Waals surface area contributed by atoms with E-state index in [4.69, 9.17) is 21.1 Å². The number of aryl methyl sites for hydroxylation is 1. The molecule has 3 aliphatic heterocycles. The Morgan fingerprint density at radius 2 is 1.77 bits per heavy atom. The Labute approximate surface area is 329 Å². The van der Waals surface area contributed by atoms with E-state index in [-0.39, 0.29) is 30.5 Å². The van der Waals surface area contributed by atoms with Gasteiger partial charge in [0.05, 0.1) is 36.6 Å². The van der Waals surface area contributed by atoms with Crippen molar-refractivity contribution in [1.82, 2.24) is 15.0 Å². The summed E-state index contributed by atoms with van der Waals surface area (Å²) in [4.78, 5) is 41.3. The molecule has 15 nitrogen and oxygen atoms in total. The molecule has 17 heteroatoms. The number of carbonyl (C=O) groups excluding carboxylic acids is 2. The van der Waals surface area contributed by atoms with Gasteiger partial charge in [-0.15, -0.1) is 5.10 Å². The number of nitrogens with zero attached hydrogens (tertiary/aromatic N) is 4. The molecule has 2 fully saturated rings. The van der Waals surface area contributed by atoms with Crippen molar-refractivity contribution in [2.45, 2.75) is 93.4 Å². The smallest absolute Gasteiger partial charge is 0.264 e. The van der Waals surface area contributed by atoms with Gasteiger partial charge in [-0.3, -0.25) is 14.3 Å². The third-order valence-electron chi connectivity index (χ3n) is 11.3. The van der Waals surface area contributed by atoms with Crippen LogP contribution in [0.15, 0.2) is 79.0 Å². The van der Waals surface area contributed by atoms with Gasteiger partial charge in [0.2, 0.25) is 0 Å². The van der Waals surface area contributed by atoms with E-state index in [0.29, 0.717) is 46.2 Å². The molecule has 0 radical (unpaired) electrons. The third-order valence-corrected chi connectivity index (χ3v) is 14.0. The Kier molecular flexibility index (Phi) is 11.3. The summed E-state index contributed by atoms with van der Waals surface area (Å²) in [6.07, 6.45) is -7.24. The van der Waals surface area contributed by atoms with Gasteiger partial charge in [-0.1, -0.05) is 66.2 Å². The van der Waals surface area contributed by atoms with Crippen LogP contribution in [0.3, 0.4) is 0 Å². The van der Waals surface area contributed by atoms with Crippen LogP contribution in [0.5, 0.6) is 0 Å². The summed E-state index contributed by atoms with van der Waals surface area (Å²) in [6, 6.07) is 21.5. The number of hydrogen-bond donors (Lipinski definition) is 7. The van der Waals surface area contributed by atoms with Gasteiger partial charge >= 0.3 is 0 Å². The monoisotopic (exact) mass is 807 g/mol. The summed E-state index contributed by atoms with van der Waals surface area (Å²) in [5.74, 6) is -1.97. The number of aliphatic hydroxyl groups is 5. The Morgan fingerprint density at radius 1 is 1.02 bits per heavy atom. The van der Waals surface area contributed by atoms with Crippen molar-refractivity contribution >= 4 is 43.1 Å². The van der Waals surface area contributed by atoms with Gasteiger partial charge in [0, 0.05) is 40.5 Å². The number of carbonyl (C=O) groups is 2. The second-order valence-corrected chi connectivity index (χ2v) is 19.8. The van der Waals surface area contributed by atoms with Crippen LogP contribution in [0.25, 0.3) is 0 Å². The number of amides is 2. The number of benzene rings is 3. The molecule has 0 aliphatic carbocycles. The van der Waals surface area contributed by atoms with Gasteiger partial charge in [-0.2, -0.15) is 0 Å². The number of nitrogens with one attached hydrogen (secondary N) is 1. The molecule has 7 rings (SSSR count). The first-order valence-corrected chi connectivity index (χ1v) is 21.9. The Bertz CT molecular complexity index is 2070. The maximum absolute atomic E-state index is 14.9. The zero-order valence-electron chi connectivity index (χ0n) is 31.0. The average Bonchev–Trinajstić information content (AvgIpc) is 3.82. The summed E-state index contributed by atoms with van der Waals surface area (Å²) >= 11 is 6.57. The van der Waals surface area contributed by atoms with Crippen LogP contribution < -0.4 is 10.2 Å². The Balaban J connectivity index is 1.12. The SMILES string of the molecule is C[C@@H]1[C@@H]([Si](C)(C)O)[C@H](CCn2cc(C(CO)c3ccccc3)nn2)O[C@@]12C(=O)N(Cc1cccc(NC(=O)[C@H]3O[C@@H](O)[C@H](O)[C@@H](O)[C@@H]3O)c1)c1ccc(Cl)cc12. The molecule has 2 saturated heterocycles. The number of halogens is 1. The zero-order valence-corrected chi connectivity index (χ0v) is 32.8. The molecule has 0 saturated carbocycles. The van der Waals surface area contributed by atoms with Crippen molar-refractivity contribution in [1.29, 1.82) is 0 Å². The molecule has 56 heavy (non-hydrogen) atoms. The van der Waals surface area contributed by atoms with Crippen LogP contribution in [0.4, 0.5) is 11.4 Å². The number of aliphatic hydroxyl groups excluding tert-OH is 5. The highest BCUT2D eigenvalue weighted by Crippen LogP contribution is 2.60. The maximum Gasteiger partial charge on any atom is 0.264 e. The minimum Gasteiger partial charge on any atom is -0.432 e. The van der Waals surface area contributed by atoms with Crippen LogP contribution >= 0.6 is 11.6 Å². The van der Waals surface area contributed by atoms with Gasteiger partial charge in [-0.05, 0) is 61.0 Å². The maximum atomic E-state index is 14.9. The molecule has 1 spiro atoms. The van der Waals surface area contributed by atoms with Crippen molar-refractivity contribution in [2.24, 2.45) is 5.92 Å². The second kappa shape index (κ2) is 15.7. The van der Waals surface area contributed by atoms with Crippen LogP contribution in [0.2, 0.25) is 23.7 Å². The van der Waals surface area contributed by atoms with Crippen LogP contribution in [-0.4, -0.2) is 109 Å². The van der Waals surface area contributed by atoms with Crippen LogP contribution in [0, 0.1) is 5.92 Å². The molecule has 1 unspecified atom stereocenters. The zero-order chi connectivity index (χ0) is 40.1. The van der Waals surface area contributed by atoms with Gasteiger partial charge in [-0.25, -0.2) is 0 Å². The Hall–Kier alpha value is -4.07. The van der Waals surface area contributed by atoms with Crippen molar-refractivity contribution in [2.75, 3.05) is 16.8 Å². The summed E-state index contributed by atoms with van der Waals surface area (Å²) in [6.45, 7) is 5.95. The van der Waals surface area contributed by atoms with E-state index in [0.717, 1.165) is 5.56 Å². The molecular weight excluding hydrogens is 762 g/mol. The van der Waals surface area contributed by atoms with E-state index in [9.17, 15) is 39.9 Å². The average molecular weight is 808 g/mol. The van der Waals surface area contributed by atoms with Gasteiger partial charge in [0.1, 0.15) is 18.3 Å². The summed E-state index contributed by atoms with van der Waals surface area (Å²) in [5, 5.41) is 62.0. The number of anilines is 2. The van der Waals surface area contributed by atoms with Gasteiger partial charge in [0.25, 0.3) is 11.8 Å². The first-order chi connectivity index (χ1) is 26.6. The molecule has 298 valence electrons. The minimum absolute atomic E-state index is 0.0750. The fraction of sp³-hybridized carbons (Fsp3) is 0.436. The normalized spacial score (nSPS) is 29.5. The second-order valence-electron chi connectivity index (χ2n) is 15.4. The lowest BCUT2D eigenvalue weighted by Crippen LogP contribution is -2.60. The minimum atomic E-state index is -2.98. The first kappa shape index (κ1) is 40.1. The molecule has 7 N–H and O–H groups in total. The topological polar surface area (TPSA) is 220 Å². The molecular formula is C39H46ClN5O10Si. The molecule has 1 aromatic heterocycles. The fourth-order valence-corrected chi connectivity index (χ4v) is 11.4. The quantitative estimate of drug-likeness (QED) is 0.109. The van der Waals surface area contributed by atoms with E-state index in [1.807, 2.05) is 50.3 Å². The molecule has 2 amide bonds. The number of fused-ring (bicyclic) bond motifs is 2. The predicted octanol–water partition coefficient (Wildman–Crippen LogP) is 2.23. The summed E-state index contributed by atoms with van der Waals surface area (Å²) in [5.41, 5.74) is 1.83. The van der Waals surface area contributed by atoms with Crippen LogP contribution in [-0.2, 0) is 37.8 Å². The summed E-state index contributed by atoms with van der Waals surface area (Å²) < 4.78 is 13.7. The third kappa shape index (κ3) is 7.30. The molecule has 3 aromatic carbocycles. The van der Waals surface area contributed by atoms with Crippen molar-refractivity contribution in [3.63, 3.8) is 0 Å². The molecule has 4 aromatic rings. The van der Waals surface area contributed by atoms with Gasteiger partial charge in [0.15, 0.2) is 26.3 Å². The van der Waals surface area contributed by atoms with Crippen molar-refractivity contribution in [3.8, 4) is 0 Å². The standard InChI is InChI=1S/C39H46ClN5O10Si/c1-21-35(56(2,3)53)30(14-15-44-19-28(42-43-44)26(20-46)23-9-5-4-6-10-23)55-39(21)27-17-24(40)12-13-29(27)45(38(39)52)18-22-8-7-11-25(16-22)41-36(50)34-32(48)31(47)33(49)37(51)54-34/h4-13,16-17,19,21,26,30-35,37,46-49,51,53H,14-15,18,20H2,1-3H3,(H,41,50)/t21-,26?,30+,31+,32+,33-,34+,35-,37-,39+/m1/s1. The summed E-state index contributed by atoms with van der Waals surface area (Å²) in [7, 11) is -2.98. The highest BCUT2D eigenvalue weighted by molar-refractivity contribution is 6.71. The largest absolute Gasteiger partial charge is 0.432 e. The number of aromatic nitrogens is 3. The van der Waals surface area contributed by atoms with Crippen molar-refractivity contribution in [3.05, 3.63) is 106 Å². The van der Waals surface area contributed by atoms with E-state index in [2.05, 4.69) is 15.6 Å². The number of ether oxygens (including phenoxy) is 2.